The summed E-state index contributed by atoms with van der Waals surface area (Å²) < 4.78 is 4.76. The highest BCUT2D eigenvalue weighted by molar-refractivity contribution is 5.69. The van der Waals surface area contributed by atoms with Crippen molar-refractivity contribution in [1.29, 1.82) is 0 Å². The van der Waals surface area contributed by atoms with Gasteiger partial charge in [-0.05, 0) is 6.42 Å². The molecule has 0 aromatic rings. The van der Waals surface area contributed by atoms with Gasteiger partial charge < -0.3 is 4.74 Å². The van der Waals surface area contributed by atoms with Crippen LogP contribution in [0.1, 0.15) is 373 Å². The highest BCUT2D eigenvalue weighted by atomic mass is 16.5. The zero-order valence-electron chi connectivity index (χ0n) is 43.9. The number of hydrogen-bond acceptors (Lipinski definition) is 2. The molecule has 0 unspecified atom stereocenters. The zero-order chi connectivity index (χ0) is 45.3. The second kappa shape index (κ2) is 59.2. The van der Waals surface area contributed by atoms with E-state index >= 15 is 0 Å². The Kier molecular flexibility index (Phi) is 58.5. The van der Waals surface area contributed by atoms with Gasteiger partial charge >= 0.3 is 5.97 Å². The van der Waals surface area contributed by atoms with Gasteiger partial charge in [-0.3, -0.25) is 4.79 Å². The smallest absolute Gasteiger partial charge is 0.310 e. The van der Waals surface area contributed by atoms with Gasteiger partial charge in [-0.15, -0.1) is 0 Å². The first kappa shape index (κ1) is 62.2. The molecule has 0 aliphatic carbocycles. The van der Waals surface area contributed by atoms with Crippen LogP contribution in [-0.2, 0) is 9.53 Å². The van der Waals surface area contributed by atoms with Crippen molar-refractivity contribution in [3.8, 4) is 0 Å². The zero-order valence-corrected chi connectivity index (χ0v) is 43.9. The molecule has 0 amide bonds. The van der Waals surface area contributed by atoms with E-state index < -0.39 is 0 Å². The van der Waals surface area contributed by atoms with Crippen molar-refractivity contribution in [2.75, 3.05) is 0 Å². The molecule has 0 fully saturated rings. The highest BCUT2D eigenvalue weighted by Crippen LogP contribution is 2.19. The largest absolute Gasteiger partial charge is 0.435 e. The number of unbranched alkanes of at least 4 members (excludes halogenated alkanes) is 55. The molecule has 0 N–H and O–H groups in total. The molecule has 0 rings (SSSR count). The fourth-order valence-corrected chi connectivity index (χ4v) is 10.0. The third-order valence-electron chi connectivity index (χ3n) is 14.4. The van der Waals surface area contributed by atoms with E-state index in [1.54, 1.807) is 0 Å². The predicted molar refractivity (Wildman–Crippen MR) is 285 cm³/mol. The minimum Gasteiger partial charge on any atom is -0.435 e. The van der Waals surface area contributed by atoms with E-state index in [2.05, 4.69) is 13.5 Å². The third kappa shape index (κ3) is 59.2. The average molecular weight is 886 g/mol. The summed E-state index contributed by atoms with van der Waals surface area (Å²) in [6.07, 6.45) is 83.0. The lowest BCUT2D eigenvalue weighted by atomic mass is 10.0. The summed E-state index contributed by atoms with van der Waals surface area (Å²) in [7, 11) is 0. The third-order valence-corrected chi connectivity index (χ3v) is 14.4. The fraction of sp³-hybridized carbons (Fsp3) is 0.951. The Morgan fingerprint density at radius 1 is 0.254 bits per heavy atom. The van der Waals surface area contributed by atoms with Crippen LogP contribution in [-0.4, -0.2) is 5.97 Å². The average Bonchev–Trinajstić information content (AvgIpc) is 3.29. The molecular weight excluding hydrogens is 765 g/mol. The molecule has 0 spiro atoms. The van der Waals surface area contributed by atoms with E-state index in [0.29, 0.717) is 6.42 Å². The Bertz CT molecular complexity index is 820. The summed E-state index contributed by atoms with van der Waals surface area (Å²) in [5, 5.41) is 0. The van der Waals surface area contributed by atoms with Crippen LogP contribution < -0.4 is 0 Å². The Balaban J connectivity index is 3.07. The van der Waals surface area contributed by atoms with Crippen molar-refractivity contribution in [1.82, 2.24) is 0 Å². The molecule has 2 heteroatoms. The van der Waals surface area contributed by atoms with Crippen molar-refractivity contribution >= 4 is 5.97 Å². The summed E-state index contributed by atoms with van der Waals surface area (Å²) in [6, 6.07) is 0. The lowest BCUT2D eigenvalue weighted by molar-refractivity contribution is -0.138. The minimum atomic E-state index is -0.141. The first-order valence-corrected chi connectivity index (χ1v) is 30.1. The molecule has 0 aromatic carbocycles. The number of rotatable bonds is 58. The van der Waals surface area contributed by atoms with Crippen LogP contribution >= 0.6 is 0 Å². The molecular formula is C61H120O2. The van der Waals surface area contributed by atoms with Crippen LogP contribution in [0.15, 0.2) is 12.8 Å². The molecule has 0 heterocycles. The fourth-order valence-electron chi connectivity index (χ4n) is 10.0. The molecule has 376 valence electrons. The van der Waals surface area contributed by atoms with Crippen molar-refractivity contribution in [2.45, 2.75) is 373 Å². The Morgan fingerprint density at radius 3 is 0.508 bits per heavy atom. The molecule has 0 bridgehead atoms. The number of carbonyl (C=O) groups is 1. The summed E-state index contributed by atoms with van der Waals surface area (Å²) in [6.45, 7) is 5.74. The Labute approximate surface area is 399 Å². The number of ether oxygens (including phenoxy) is 1. The van der Waals surface area contributed by atoms with Crippen molar-refractivity contribution in [3.05, 3.63) is 12.8 Å². The van der Waals surface area contributed by atoms with E-state index in [1.807, 2.05) is 0 Å². The quantitative estimate of drug-likeness (QED) is 0.0346. The van der Waals surface area contributed by atoms with Crippen LogP contribution in [0.5, 0.6) is 0 Å². The maximum atomic E-state index is 11.3. The summed E-state index contributed by atoms with van der Waals surface area (Å²) in [5.41, 5.74) is 0. The summed E-state index contributed by atoms with van der Waals surface area (Å²) in [4.78, 5) is 11.3. The van der Waals surface area contributed by atoms with Gasteiger partial charge in [0.15, 0.2) is 0 Å². The van der Waals surface area contributed by atoms with Crippen LogP contribution in [0.25, 0.3) is 0 Å². The van der Waals surface area contributed by atoms with Crippen molar-refractivity contribution in [2.24, 2.45) is 0 Å². The molecule has 0 saturated heterocycles. The second-order valence-corrected chi connectivity index (χ2v) is 20.9. The monoisotopic (exact) mass is 885 g/mol. The lowest BCUT2D eigenvalue weighted by Crippen LogP contribution is -1.98. The summed E-state index contributed by atoms with van der Waals surface area (Å²) in [5.74, 6) is -0.141. The normalized spacial score (nSPS) is 11.5. The second-order valence-electron chi connectivity index (χ2n) is 20.9. The maximum Gasteiger partial charge on any atom is 0.310 e. The van der Waals surface area contributed by atoms with E-state index in [-0.39, 0.29) is 5.97 Å². The Hall–Kier alpha value is -0.790. The molecule has 0 saturated carbocycles. The Morgan fingerprint density at radius 2 is 0.381 bits per heavy atom. The number of hydrogen-bond donors (Lipinski definition) is 0. The van der Waals surface area contributed by atoms with Crippen LogP contribution in [0.2, 0.25) is 0 Å². The van der Waals surface area contributed by atoms with Gasteiger partial charge in [0.1, 0.15) is 0 Å². The van der Waals surface area contributed by atoms with Crippen LogP contribution in [0.4, 0.5) is 0 Å². The lowest BCUT2D eigenvalue weighted by Gasteiger charge is -2.05. The van der Waals surface area contributed by atoms with Gasteiger partial charge in [0.25, 0.3) is 0 Å². The van der Waals surface area contributed by atoms with Gasteiger partial charge in [0, 0.05) is 6.42 Å². The van der Waals surface area contributed by atoms with E-state index in [0.717, 1.165) is 12.8 Å². The maximum absolute atomic E-state index is 11.3. The van der Waals surface area contributed by atoms with Gasteiger partial charge in [0.05, 0.1) is 6.26 Å². The van der Waals surface area contributed by atoms with E-state index in [1.165, 1.54) is 353 Å². The standard InChI is InChI=1S/C61H120O2/c1-3-5-6-7-8-9-10-11-12-13-14-15-16-17-18-19-20-21-22-23-24-25-26-27-28-29-30-31-32-33-34-35-36-37-38-39-40-41-42-43-44-45-46-47-48-49-50-51-52-53-54-55-56-57-58-59-60-61(62)63-4-2/h4H,2-3,5-60H2,1H3. The van der Waals surface area contributed by atoms with Crippen molar-refractivity contribution in [3.63, 3.8) is 0 Å². The molecule has 0 atom stereocenters. The molecule has 2 nitrogen and oxygen atoms in total. The molecule has 63 heavy (non-hydrogen) atoms. The summed E-state index contributed by atoms with van der Waals surface area (Å²) >= 11 is 0. The van der Waals surface area contributed by atoms with E-state index in [4.69, 9.17) is 4.74 Å². The molecule has 0 aliphatic heterocycles. The first-order valence-electron chi connectivity index (χ1n) is 30.1. The van der Waals surface area contributed by atoms with Crippen molar-refractivity contribution < 1.29 is 9.53 Å². The highest BCUT2D eigenvalue weighted by Gasteiger charge is 2.02. The van der Waals surface area contributed by atoms with E-state index in [9.17, 15) is 4.79 Å². The number of carbonyl (C=O) groups excluding carboxylic acids is 1. The van der Waals surface area contributed by atoms with Gasteiger partial charge in [-0.2, -0.15) is 0 Å². The van der Waals surface area contributed by atoms with Gasteiger partial charge in [-0.25, -0.2) is 0 Å². The number of esters is 1. The SMILES string of the molecule is C=COC(=O)CCCCCCCCCCCCCCCCCCCCCCCCCCCCCCCCCCCCCCCCCCCCCCCCCCCCCCCCCC. The van der Waals surface area contributed by atoms with Gasteiger partial charge in [-0.1, -0.05) is 367 Å². The van der Waals surface area contributed by atoms with Crippen LogP contribution in [0.3, 0.4) is 0 Å². The van der Waals surface area contributed by atoms with Crippen LogP contribution in [0, 0.1) is 0 Å². The predicted octanol–water partition coefficient (Wildman–Crippen LogP) is 22.9. The first-order chi connectivity index (χ1) is 31.3. The van der Waals surface area contributed by atoms with Gasteiger partial charge in [0.2, 0.25) is 0 Å². The topological polar surface area (TPSA) is 26.3 Å². The molecule has 0 aromatic heterocycles. The molecule has 0 aliphatic rings. The molecule has 0 radical (unpaired) electrons. The minimum absolute atomic E-state index is 0.141.